The average Bonchev–Trinajstić information content (AvgIpc) is 2.86. The highest BCUT2D eigenvalue weighted by atomic mass is 32.1. The average molecular weight is 274 g/mol. The van der Waals surface area contributed by atoms with Gasteiger partial charge in [-0.05, 0) is 24.6 Å². The van der Waals surface area contributed by atoms with E-state index in [0.717, 1.165) is 31.9 Å². The summed E-state index contributed by atoms with van der Waals surface area (Å²) in [7, 11) is 0. The van der Waals surface area contributed by atoms with E-state index in [1.165, 1.54) is 10.6 Å². The van der Waals surface area contributed by atoms with E-state index in [0.29, 0.717) is 6.04 Å². The summed E-state index contributed by atoms with van der Waals surface area (Å²) in [5, 5.41) is 6.81. The molecule has 3 rings (SSSR count). The Morgan fingerprint density at radius 2 is 2.26 bits per heavy atom. The molecule has 0 aliphatic carbocycles. The highest BCUT2D eigenvalue weighted by molar-refractivity contribution is 7.09. The lowest BCUT2D eigenvalue weighted by atomic mass is 10.0. The number of hydrogen-bond acceptors (Lipinski definition) is 5. The van der Waals surface area contributed by atoms with Crippen molar-refractivity contribution in [3.05, 3.63) is 46.2 Å². The molecule has 1 aliphatic heterocycles. The van der Waals surface area contributed by atoms with Gasteiger partial charge in [0.2, 0.25) is 0 Å². The van der Waals surface area contributed by atoms with Crippen LogP contribution in [0.1, 0.15) is 22.3 Å². The van der Waals surface area contributed by atoms with Crippen molar-refractivity contribution in [1.29, 1.82) is 0 Å². The van der Waals surface area contributed by atoms with Crippen molar-refractivity contribution in [1.82, 2.24) is 20.2 Å². The van der Waals surface area contributed by atoms with Gasteiger partial charge in [0, 0.05) is 49.1 Å². The number of pyridine rings is 1. The van der Waals surface area contributed by atoms with Gasteiger partial charge in [-0.25, -0.2) is 4.98 Å². The molecule has 19 heavy (non-hydrogen) atoms. The van der Waals surface area contributed by atoms with Crippen molar-refractivity contribution in [3.8, 4) is 0 Å². The third kappa shape index (κ3) is 3.00. The van der Waals surface area contributed by atoms with E-state index in [1.807, 2.05) is 12.4 Å². The fourth-order valence-electron chi connectivity index (χ4n) is 2.50. The molecule has 5 heteroatoms. The molecule has 0 radical (unpaired) electrons. The monoisotopic (exact) mass is 274 g/mol. The number of nitrogens with zero attached hydrogens (tertiary/aromatic N) is 3. The van der Waals surface area contributed by atoms with E-state index in [4.69, 9.17) is 0 Å². The summed E-state index contributed by atoms with van der Waals surface area (Å²) in [6, 6.07) is 4.64. The smallest absolute Gasteiger partial charge is 0.107 e. The molecule has 100 valence electrons. The van der Waals surface area contributed by atoms with E-state index >= 15 is 0 Å². The first kappa shape index (κ1) is 12.7. The van der Waals surface area contributed by atoms with Crippen LogP contribution in [0.25, 0.3) is 0 Å². The maximum Gasteiger partial charge on any atom is 0.107 e. The van der Waals surface area contributed by atoms with Gasteiger partial charge in [-0.15, -0.1) is 11.3 Å². The highest BCUT2D eigenvalue weighted by Crippen LogP contribution is 2.24. The van der Waals surface area contributed by atoms with Crippen molar-refractivity contribution in [2.45, 2.75) is 19.5 Å². The molecule has 1 unspecified atom stereocenters. The SMILES string of the molecule is Cc1csc(CN2CCNCC2c2ccncc2)n1. The Morgan fingerprint density at radius 3 is 3.00 bits per heavy atom. The number of rotatable bonds is 3. The van der Waals surface area contributed by atoms with E-state index in [9.17, 15) is 0 Å². The third-order valence-electron chi connectivity index (χ3n) is 3.45. The van der Waals surface area contributed by atoms with Crippen molar-refractivity contribution >= 4 is 11.3 Å². The standard InChI is InChI=1S/C14H18N4S/c1-11-10-19-14(17-11)9-18-7-6-16-8-13(18)12-2-4-15-5-3-12/h2-5,10,13,16H,6-9H2,1H3. The van der Waals surface area contributed by atoms with Gasteiger partial charge in [-0.3, -0.25) is 9.88 Å². The Bertz CT molecular complexity index is 525. The van der Waals surface area contributed by atoms with E-state index in [-0.39, 0.29) is 0 Å². The molecule has 1 aliphatic rings. The number of aryl methyl sites for hydroxylation is 1. The van der Waals surface area contributed by atoms with Gasteiger partial charge >= 0.3 is 0 Å². The Balaban J connectivity index is 1.77. The molecule has 2 aromatic heterocycles. The zero-order chi connectivity index (χ0) is 13.1. The highest BCUT2D eigenvalue weighted by Gasteiger charge is 2.24. The molecule has 0 bridgehead atoms. The fraction of sp³-hybridized carbons (Fsp3) is 0.429. The molecule has 0 spiro atoms. The number of hydrogen-bond donors (Lipinski definition) is 1. The van der Waals surface area contributed by atoms with Gasteiger partial charge in [-0.2, -0.15) is 0 Å². The summed E-state index contributed by atoms with van der Waals surface area (Å²) < 4.78 is 0. The minimum atomic E-state index is 0.418. The van der Waals surface area contributed by atoms with Crippen molar-refractivity contribution < 1.29 is 0 Å². The van der Waals surface area contributed by atoms with Gasteiger partial charge in [0.25, 0.3) is 0 Å². The van der Waals surface area contributed by atoms with E-state index in [1.54, 1.807) is 11.3 Å². The Morgan fingerprint density at radius 1 is 1.42 bits per heavy atom. The summed E-state index contributed by atoms with van der Waals surface area (Å²) in [6.45, 7) is 6.09. The molecular weight excluding hydrogens is 256 g/mol. The lowest BCUT2D eigenvalue weighted by Crippen LogP contribution is -2.45. The number of nitrogens with one attached hydrogen (secondary N) is 1. The molecular formula is C14H18N4S. The van der Waals surface area contributed by atoms with Crippen LogP contribution in [-0.2, 0) is 6.54 Å². The van der Waals surface area contributed by atoms with Crippen LogP contribution in [0, 0.1) is 6.92 Å². The van der Waals surface area contributed by atoms with Crippen molar-refractivity contribution in [2.75, 3.05) is 19.6 Å². The van der Waals surface area contributed by atoms with Crippen LogP contribution >= 0.6 is 11.3 Å². The van der Waals surface area contributed by atoms with Crippen LogP contribution in [0.15, 0.2) is 29.9 Å². The summed E-state index contributed by atoms with van der Waals surface area (Å²) in [4.78, 5) is 11.2. The van der Waals surface area contributed by atoms with E-state index in [2.05, 4.69) is 44.6 Å². The Kier molecular flexibility index (Phi) is 3.87. The number of piperazine rings is 1. The molecule has 1 saturated heterocycles. The second-order valence-corrected chi connectivity index (χ2v) is 5.80. The minimum Gasteiger partial charge on any atom is -0.314 e. The minimum absolute atomic E-state index is 0.418. The molecule has 0 saturated carbocycles. The zero-order valence-corrected chi connectivity index (χ0v) is 11.9. The Labute approximate surface area is 117 Å². The molecule has 1 fully saturated rings. The van der Waals surface area contributed by atoms with Crippen LogP contribution in [-0.4, -0.2) is 34.5 Å². The van der Waals surface area contributed by atoms with Crippen molar-refractivity contribution in [3.63, 3.8) is 0 Å². The van der Waals surface area contributed by atoms with Gasteiger partial charge in [0.15, 0.2) is 0 Å². The molecule has 1 N–H and O–H groups in total. The first-order valence-corrected chi connectivity index (χ1v) is 7.46. The number of thiazole rings is 1. The van der Waals surface area contributed by atoms with Gasteiger partial charge in [-0.1, -0.05) is 0 Å². The normalized spacial score (nSPS) is 20.6. The summed E-state index contributed by atoms with van der Waals surface area (Å²) in [5.74, 6) is 0. The quantitative estimate of drug-likeness (QED) is 0.929. The molecule has 3 heterocycles. The topological polar surface area (TPSA) is 41.0 Å². The van der Waals surface area contributed by atoms with Gasteiger partial charge in [0.05, 0.1) is 6.54 Å². The molecule has 2 aromatic rings. The maximum absolute atomic E-state index is 4.58. The summed E-state index contributed by atoms with van der Waals surface area (Å²) in [5.41, 5.74) is 2.45. The largest absolute Gasteiger partial charge is 0.314 e. The number of aromatic nitrogens is 2. The predicted octanol–water partition coefficient (Wildman–Crippen LogP) is 1.99. The zero-order valence-electron chi connectivity index (χ0n) is 11.0. The first-order chi connectivity index (χ1) is 9.33. The van der Waals surface area contributed by atoms with Crippen molar-refractivity contribution in [2.24, 2.45) is 0 Å². The summed E-state index contributed by atoms with van der Waals surface area (Å²) >= 11 is 1.75. The molecule has 1 atom stereocenters. The summed E-state index contributed by atoms with van der Waals surface area (Å²) in [6.07, 6.45) is 3.74. The van der Waals surface area contributed by atoms with Crippen LogP contribution in [0.2, 0.25) is 0 Å². The lowest BCUT2D eigenvalue weighted by Gasteiger charge is -2.35. The third-order valence-corrected chi connectivity index (χ3v) is 4.40. The van der Waals surface area contributed by atoms with E-state index < -0.39 is 0 Å². The fourth-order valence-corrected chi connectivity index (χ4v) is 3.30. The Hall–Kier alpha value is -1.30. The lowest BCUT2D eigenvalue weighted by molar-refractivity contribution is 0.153. The molecule has 0 aromatic carbocycles. The van der Waals surface area contributed by atoms with Gasteiger partial charge < -0.3 is 5.32 Å². The second kappa shape index (κ2) is 5.77. The van der Waals surface area contributed by atoms with Crippen LogP contribution in [0.5, 0.6) is 0 Å². The van der Waals surface area contributed by atoms with Gasteiger partial charge in [0.1, 0.15) is 5.01 Å². The van der Waals surface area contributed by atoms with Crippen LogP contribution in [0.4, 0.5) is 0 Å². The predicted molar refractivity (Wildman–Crippen MR) is 77.1 cm³/mol. The first-order valence-electron chi connectivity index (χ1n) is 6.58. The maximum atomic E-state index is 4.58. The second-order valence-electron chi connectivity index (χ2n) is 4.85. The molecule has 4 nitrogen and oxygen atoms in total. The van der Waals surface area contributed by atoms with Crippen LogP contribution in [0.3, 0.4) is 0 Å². The molecule has 0 amide bonds. The van der Waals surface area contributed by atoms with Crippen LogP contribution < -0.4 is 5.32 Å².